The van der Waals surface area contributed by atoms with Crippen molar-refractivity contribution in [3.8, 4) is 18.4 Å². The Hall–Kier alpha value is -4.94. The zero-order valence-electron chi connectivity index (χ0n) is 23.8. The molecular weight excluding hydrogens is 555 g/mol. The van der Waals surface area contributed by atoms with Crippen LogP contribution in [0.1, 0.15) is 56.3 Å². The first-order chi connectivity index (χ1) is 20.4. The van der Waals surface area contributed by atoms with Gasteiger partial charge >= 0.3 is 6.18 Å². The van der Waals surface area contributed by atoms with E-state index in [9.17, 15) is 18.4 Å². The first-order valence-electron chi connectivity index (χ1n) is 13.8. The zero-order valence-corrected chi connectivity index (χ0v) is 23.8. The Morgan fingerprint density at radius 3 is 2.65 bits per heavy atom. The highest BCUT2D eigenvalue weighted by molar-refractivity contribution is 5.99. The van der Waals surface area contributed by atoms with Gasteiger partial charge in [-0.1, -0.05) is 32.8 Å². The molecule has 1 saturated carbocycles. The van der Waals surface area contributed by atoms with Gasteiger partial charge in [0, 0.05) is 48.0 Å². The SMILES string of the molecule is C#Cc1cnc2c(C#N)cc(N[C@H](C3=CN(C4(C(F)(F)F)CC4)NN3)c3cccn4nccc34)cc2c1NCC(C)(C)C. The van der Waals surface area contributed by atoms with Crippen molar-refractivity contribution >= 4 is 27.8 Å². The van der Waals surface area contributed by atoms with E-state index in [0.717, 1.165) is 16.1 Å². The predicted molar refractivity (Wildman–Crippen MR) is 158 cm³/mol. The van der Waals surface area contributed by atoms with Crippen LogP contribution in [-0.4, -0.2) is 37.9 Å². The minimum Gasteiger partial charge on any atom is -0.383 e. The summed E-state index contributed by atoms with van der Waals surface area (Å²) in [4.78, 5) is 4.49. The highest BCUT2D eigenvalue weighted by Crippen LogP contribution is 2.53. The van der Waals surface area contributed by atoms with Gasteiger partial charge < -0.3 is 16.1 Å². The molecule has 1 fully saturated rings. The van der Waals surface area contributed by atoms with Crippen LogP contribution in [0.25, 0.3) is 16.4 Å². The van der Waals surface area contributed by atoms with E-state index in [0.29, 0.717) is 45.6 Å². The molecular formula is C31H30F3N9. The van der Waals surface area contributed by atoms with Crippen molar-refractivity contribution in [2.75, 3.05) is 17.2 Å². The lowest BCUT2D eigenvalue weighted by Gasteiger charge is -2.28. The quantitative estimate of drug-likeness (QED) is 0.208. The lowest BCUT2D eigenvalue weighted by Crippen LogP contribution is -2.52. The Bertz CT molecular complexity index is 1830. The maximum absolute atomic E-state index is 14.0. The minimum atomic E-state index is -4.40. The molecule has 0 radical (unpaired) electrons. The van der Waals surface area contributed by atoms with Gasteiger partial charge in [0.05, 0.1) is 39.6 Å². The number of hydrogen-bond acceptors (Lipinski definition) is 8. The topological polar surface area (TPSA) is 105 Å². The maximum Gasteiger partial charge on any atom is 0.413 e. The third-order valence-corrected chi connectivity index (χ3v) is 7.75. The van der Waals surface area contributed by atoms with Gasteiger partial charge in [0.25, 0.3) is 0 Å². The van der Waals surface area contributed by atoms with Gasteiger partial charge in [0.1, 0.15) is 6.07 Å². The van der Waals surface area contributed by atoms with E-state index in [1.54, 1.807) is 29.2 Å². The van der Waals surface area contributed by atoms with Crippen molar-refractivity contribution < 1.29 is 13.2 Å². The number of benzene rings is 1. The minimum absolute atomic E-state index is 0.00365. The van der Waals surface area contributed by atoms with Crippen molar-refractivity contribution in [1.29, 1.82) is 5.26 Å². The molecule has 1 aliphatic carbocycles. The van der Waals surface area contributed by atoms with Gasteiger partial charge in [0.15, 0.2) is 5.54 Å². The number of rotatable bonds is 7. The average Bonchev–Trinajstić information content (AvgIpc) is 3.41. The van der Waals surface area contributed by atoms with Crippen LogP contribution in [0.3, 0.4) is 0 Å². The third-order valence-electron chi connectivity index (χ3n) is 7.75. The van der Waals surface area contributed by atoms with Crippen molar-refractivity contribution in [1.82, 2.24) is 30.6 Å². The molecule has 43 heavy (non-hydrogen) atoms. The van der Waals surface area contributed by atoms with E-state index in [4.69, 9.17) is 6.42 Å². The molecule has 9 nitrogen and oxygen atoms in total. The largest absolute Gasteiger partial charge is 0.413 e. The summed E-state index contributed by atoms with van der Waals surface area (Å²) in [5.41, 5.74) is 8.27. The van der Waals surface area contributed by atoms with Crippen LogP contribution in [0.4, 0.5) is 24.5 Å². The zero-order chi connectivity index (χ0) is 30.6. The van der Waals surface area contributed by atoms with Crippen molar-refractivity contribution in [3.05, 3.63) is 77.5 Å². The molecule has 4 N–H and O–H groups in total. The number of nitrogens with one attached hydrogen (secondary N) is 4. The predicted octanol–water partition coefficient (Wildman–Crippen LogP) is 5.61. The summed E-state index contributed by atoms with van der Waals surface area (Å²) in [5.74, 6) is 2.68. The molecule has 3 aromatic heterocycles. The number of hydrogen-bond donors (Lipinski definition) is 4. The molecule has 1 aliphatic heterocycles. The molecule has 4 heterocycles. The number of hydrazine groups is 2. The van der Waals surface area contributed by atoms with Gasteiger partial charge in [-0.3, -0.25) is 9.99 Å². The standard InChI is InChI=1S/C31H30F3N9/c1-5-19-16-36-27-20(15-35)13-21(14-23(27)26(19)37-18-29(2,3)4)39-28(22-7-6-12-42-25(22)8-11-38-42)24-17-43(41-40-24)30(9-10-30)31(32,33)34/h1,6-8,11-14,16-17,28,39-41H,9-10,18H2,2-4H3,(H,36,37)/t28-/m0/s1. The summed E-state index contributed by atoms with van der Waals surface area (Å²) in [6.07, 6.45) is 7.90. The molecule has 220 valence electrons. The van der Waals surface area contributed by atoms with E-state index in [1.807, 2.05) is 24.3 Å². The summed E-state index contributed by atoms with van der Waals surface area (Å²) in [5, 5.41) is 23.1. The lowest BCUT2D eigenvalue weighted by atomic mass is 9.96. The third kappa shape index (κ3) is 5.04. The summed E-state index contributed by atoms with van der Waals surface area (Å²) in [6, 6.07) is 10.7. The van der Waals surface area contributed by atoms with Crippen molar-refractivity contribution in [2.45, 2.75) is 51.4 Å². The van der Waals surface area contributed by atoms with E-state index in [-0.39, 0.29) is 18.3 Å². The molecule has 6 rings (SSSR count). The van der Waals surface area contributed by atoms with Crippen LogP contribution in [0.15, 0.2) is 60.8 Å². The maximum atomic E-state index is 14.0. The first kappa shape index (κ1) is 28.2. The van der Waals surface area contributed by atoms with Crippen LogP contribution in [0, 0.1) is 29.1 Å². The molecule has 4 aromatic rings. The van der Waals surface area contributed by atoms with Gasteiger partial charge in [0.2, 0.25) is 0 Å². The van der Waals surface area contributed by atoms with Crippen molar-refractivity contribution in [2.24, 2.45) is 5.41 Å². The van der Waals surface area contributed by atoms with Crippen LogP contribution in [-0.2, 0) is 0 Å². The number of nitriles is 1. The Labute approximate surface area is 246 Å². The van der Waals surface area contributed by atoms with Gasteiger partial charge in [-0.2, -0.15) is 23.5 Å². The molecule has 12 heteroatoms. The molecule has 1 aromatic carbocycles. The molecule has 0 saturated heterocycles. The fourth-order valence-corrected chi connectivity index (χ4v) is 5.32. The lowest BCUT2D eigenvalue weighted by molar-refractivity contribution is -0.195. The summed E-state index contributed by atoms with van der Waals surface area (Å²) >= 11 is 0. The second-order valence-corrected chi connectivity index (χ2v) is 12.1. The van der Waals surface area contributed by atoms with Crippen LogP contribution >= 0.6 is 0 Å². The number of halogens is 3. The molecule has 0 bridgehead atoms. The number of aromatic nitrogens is 3. The van der Waals surface area contributed by atoms with Gasteiger partial charge in [-0.05, 0) is 42.5 Å². The number of anilines is 2. The molecule has 1 atom stereocenters. The molecule has 0 spiro atoms. The summed E-state index contributed by atoms with van der Waals surface area (Å²) in [6.45, 7) is 6.90. The van der Waals surface area contributed by atoms with Gasteiger partial charge in [-0.15, -0.1) is 12.0 Å². The van der Waals surface area contributed by atoms with Crippen LogP contribution in [0.5, 0.6) is 0 Å². The number of alkyl halides is 3. The number of nitrogens with zero attached hydrogens (tertiary/aromatic N) is 5. The average molecular weight is 586 g/mol. The molecule has 2 aliphatic rings. The molecule has 0 unspecified atom stereocenters. The first-order valence-corrected chi connectivity index (χ1v) is 13.8. The van der Waals surface area contributed by atoms with E-state index in [2.05, 4.69) is 64.4 Å². The summed E-state index contributed by atoms with van der Waals surface area (Å²) < 4.78 is 43.6. The normalized spacial score (nSPS) is 16.7. The van der Waals surface area contributed by atoms with Crippen molar-refractivity contribution in [3.63, 3.8) is 0 Å². The second-order valence-electron chi connectivity index (χ2n) is 12.1. The highest BCUT2D eigenvalue weighted by Gasteiger charge is 2.67. The fourth-order valence-electron chi connectivity index (χ4n) is 5.32. The Morgan fingerprint density at radius 2 is 1.98 bits per heavy atom. The van der Waals surface area contributed by atoms with Gasteiger partial charge in [-0.25, -0.2) is 4.52 Å². The Kier molecular flexibility index (Phi) is 6.62. The Morgan fingerprint density at radius 1 is 1.19 bits per heavy atom. The second kappa shape index (κ2) is 10.1. The smallest absolute Gasteiger partial charge is 0.383 e. The van der Waals surface area contributed by atoms with Crippen LogP contribution < -0.4 is 21.6 Å². The summed E-state index contributed by atoms with van der Waals surface area (Å²) in [7, 11) is 0. The highest BCUT2D eigenvalue weighted by atomic mass is 19.4. The number of pyridine rings is 2. The van der Waals surface area contributed by atoms with Crippen LogP contribution in [0.2, 0.25) is 0 Å². The van der Waals surface area contributed by atoms with E-state index >= 15 is 0 Å². The monoisotopic (exact) mass is 585 g/mol. The van der Waals surface area contributed by atoms with E-state index in [1.165, 1.54) is 6.20 Å². The fraction of sp³-hybridized carbons (Fsp3) is 0.323. The molecule has 0 amide bonds. The number of fused-ring (bicyclic) bond motifs is 2. The number of terminal acetylenes is 1. The Balaban J connectivity index is 1.47. The van der Waals surface area contributed by atoms with E-state index < -0.39 is 17.8 Å².